The highest BCUT2D eigenvalue weighted by Gasteiger charge is 2.23. The number of H-pyrrole nitrogens is 1. The van der Waals surface area contributed by atoms with Gasteiger partial charge in [-0.25, -0.2) is 0 Å². The molecule has 4 N–H and O–H groups in total. The van der Waals surface area contributed by atoms with Crippen molar-refractivity contribution in [2.24, 2.45) is 5.73 Å². The summed E-state index contributed by atoms with van der Waals surface area (Å²) >= 11 is 0. The topological polar surface area (TPSA) is 93.0 Å². The third-order valence-electron chi connectivity index (χ3n) is 4.34. The number of nitrogens with zero attached hydrogens (tertiary/aromatic N) is 1. The number of rotatable bonds is 5. The summed E-state index contributed by atoms with van der Waals surface area (Å²) in [6.07, 6.45) is 4.89. The minimum Gasteiger partial charge on any atom is -0.435 e. The number of nitrogens with one attached hydrogen (secondary N) is 2. The van der Waals surface area contributed by atoms with Crippen LogP contribution in [0.15, 0.2) is 30.5 Å². The molecule has 0 atom stereocenters. The van der Waals surface area contributed by atoms with Crippen LogP contribution in [0.2, 0.25) is 0 Å². The second-order valence-corrected chi connectivity index (χ2v) is 6.15. The molecule has 1 saturated carbocycles. The van der Waals surface area contributed by atoms with Crippen LogP contribution >= 0.6 is 0 Å². The van der Waals surface area contributed by atoms with Crippen LogP contribution in [-0.2, 0) is 0 Å². The van der Waals surface area contributed by atoms with E-state index in [1.165, 1.54) is 18.3 Å². The molecule has 134 valence electrons. The fourth-order valence-corrected chi connectivity index (χ4v) is 3.03. The Hall–Kier alpha value is -2.48. The van der Waals surface area contributed by atoms with Gasteiger partial charge in [0, 0.05) is 17.6 Å². The lowest BCUT2D eigenvalue weighted by Crippen LogP contribution is -2.40. The van der Waals surface area contributed by atoms with Crippen molar-refractivity contribution in [3.05, 3.63) is 36.0 Å². The van der Waals surface area contributed by atoms with Gasteiger partial charge in [0.15, 0.2) is 0 Å². The van der Waals surface area contributed by atoms with Crippen molar-refractivity contribution in [3.8, 4) is 17.0 Å². The standard InChI is InChI=1S/C17H20F2N4O2/c18-17(19)25-13-3-1-2-10(8-13)15-14(9-21-23-15)16(24)22-12-6-4-11(20)5-7-12/h1-3,8-9,11-12,17H,4-7,20H2,(H,21,23)(H,22,24). The van der Waals surface area contributed by atoms with Gasteiger partial charge in [0.05, 0.1) is 17.5 Å². The molecular weight excluding hydrogens is 330 g/mol. The molecule has 0 unspecified atom stereocenters. The van der Waals surface area contributed by atoms with Crippen LogP contribution in [0.5, 0.6) is 5.75 Å². The zero-order valence-corrected chi connectivity index (χ0v) is 13.5. The van der Waals surface area contributed by atoms with Crippen molar-refractivity contribution < 1.29 is 18.3 Å². The maximum absolute atomic E-state index is 12.6. The van der Waals surface area contributed by atoms with Crippen molar-refractivity contribution in [2.45, 2.75) is 44.4 Å². The fraction of sp³-hybridized carbons (Fsp3) is 0.412. The number of aromatic amines is 1. The van der Waals surface area contributed by atoms with Crippen LogP contribution in [0.4, 0.5) is 8.78 Å². The molecule has 1 amide bonds. The Labute approximate surface area is 143 Å². The van der Waals surface area contributed by atoms with Crippen molar-refractivity contribution >= 4 is 5.91 Å². The van der Waals surface area contributed by atoms with Crippen molar-refractivity contribution in [1.29, 1.82) is 0 Å². The summed E-state index contributed by atoms with van der Waals surface area (Å²) in [4.78, 5) is 12.6. The molecular formula is C17H20F2N4O2. The molecule has 0 bridgehead atoms. The molecule has 1 aromatic heterocycles. The van der Waals surface area contributed by atoms with Gasteiger partial charge in [-0.2, -0.15) is 13.9 Å². The predicted molar refractivity (Wildman–Crippen MR) is 88.4 cm³/mol. The molecule has 1 heterocycles. The summed E-state index contributed by atoms with van der Waals surface area (Å²) in [6, 6.07) is 6.44. The summed E-state index contributed by atoms with van der Waals surface area (Å²) < 4.78 is 29.2. The first-order valence-corrected chi connectivity index (χ1v) is 8.18. The molecule has 1 aromatic carbocycles. The van der Waals surface area contributed by atoms with Gasteiger partial charge in [0.2, 0.25) is 0 Å². The van der Waals surface area contributed by atoms with Gasteiger partial charge >= 0.3 is 6.61 Å². The van der Waals surface area contributed by atoms with E-state index in [0.29, 0.717) is 16.8 Å². The first-order chi connectivity index (χ1) is 12.0. The van der Waals surface area contributed by atoms with Gasteiger partial charge in [-0.15, -0.1) is 0 Å². The third kappa shape index (κ3) is 4.33. The number of alkyl halides is 2. The molecule has 1 fully saturated rings. The quantitative estimate of drug-likeness (QED) is 0.773. The summed E-state index contributed by atoms with van der Waals surface area (Å²) in [5, 5.41) is 9.67. The van der Waals surface area contributed by atoms with E-state index in [9.17, 15) is 13.6 Å². The van der Waals surface area contributed by atoms with E-state index in [2.05, 4.69) is 20.3 Å². The molecule has 1 aliphatic carbocycles. The molecule has 3 rings (SSSR count). The van der Waals surface area contributed by atoms with Crippen LogP contribution in [0.25, 0.3) is 11.3 Å². The van der Waals surface area contributed by atoms with E-state index in [4.69, 9.17) is 5.73 Å². The third-order valence-corrected chi connectivity index (χ3v) is 4.34. The number of hydrogen-bond donors (Lipinski definition) is 3. The second kappa shape index (κ2) is 7.60. The van der Waals surface area contributed by atoms with Gasteiger partial charge in [0.25, 0.3) is 5.91 Å². The Morgan fingerprint density at radius 1 is 1.32 bits per heavy atom. The number of aromatic nitrogens is 2. The van der Waals surface area contributed by atoms with Crippen molar-refractivity contribution in [3.63, 3.8) is 0 Å². The average Bonchev–Trinajstić information content (AvgIpc) is 3.06. The Morgan fingerprint density at radius 2 is 2.08 bits per heavy atom. The van der Waals surface area contributed by atoms with Crippen LogP contribution in [0.1, 0.15) is 36.0 Å². The highest BCUT2D eigenvalue weighted by Crippen LogP contribution is 2.26. The predicted octanol–water partition coefficient (Wildman–Crippen LogP) is 2.68. The molecule has 0 saturated heterocycles. The highest BCUT2D eigenvalue weighted by atomic mass is 19.3. The van der Waals surface area contributed by atoms with Crippen LogP contribution in [0.3, 0.4) is 0 Å². The lowest BCUT2D eigenvalue weighted by Gasteiger charge is -2.26. The Bertz CT molecular complexity index is 727. The molecule has 0 radical (unpaired) electrons. The van der Waals surface area contributed by atoms with E-state index < -0.39 is 6.61 Å². The first-order valence-electron chi connectivity index (χ1n) is 8.18. The van der Waals surface area contributed by atoms with Crippen LogP contribution in [-0.4, -0.2) is 34.8 Å². The van der Waals surface area contributed by atoms with Crippen LogP contribution in [0, 0.1) is 0 Å². The lowest BCUT2D eigenvalue weighted by atomic mass is 9.91. The number of benzene rings is 1. The molecule has 25 heavy (non-hydrogen) atoms. The largest absolute Gasteiger partial charge is 0.435 e. The van der Waals surface area contributed by atoms with E-state index in [1.54, 1.807) is 12.1 Å². The Kier molecular flexibility index (Phi) is 5.28. The number of amides is 1. The number of carbonyl (C=O) groups is 1. The maximum Gasteiger partial charge on any atom is 0.387 e. The summed E-state index contributed by atoms with van der Waals surface area (Å²) in [5.74, 6) is -0.223. The second-order valence-electron chi connectivity index (χ2n) is 6.15. The zero-order valence-electron chi connectivity index (χ0n) is 13.5. The number of nitrogens with two attached hydrogens (primary N) is 1. The van der Waals surface area contributed by atoms with Gasteiger partial charge in [-0.1, -0.05) is 12.1 Å². The normalized spacial score (nSPS) is 20.5. The average molecular weight is 350 g/mol. The van der Waals surface area contributed by atoms with E-state index in [-0.39, 0.29) is 23.7 Å². The number of ether oxygens (including phenoxy) is 1. The SMILES string of the molecule is NC1CCC(NC(=O)c2cn[nH]c2-c2cccc(OC(F)F)c2)CC1. The van der Waals surface area contributed by atoms with Gasteiger partial charge in [0.1, 0.15) is 5.75 Å². The number of hydrogen-bond acceptors (Lipinski definition) is 4. The van der Waals surface area contributed by atoms with E-state index in [1.807, 2.05) is 0 Å². The summed E-state index contributed by atoms with van der Waals surface area (Å²) in [5.41, 5.74) is 7.25. The Morgan fingerprint density at radius 3 is 2.80 bits per heavy atom. The maximum atomic E-state index is 12.6. The molecule has 8 heteroatoms. The van der Waals surface area contributed by atoms with Gasteiger partial charge < -0.3 is 15.8 Å². The van der Waals surface area contributed by atoms with Gasteiger partial charge in [-0.3, -0.25) is 9.89 Å². The van der Waals surface area contributed by atoms with E-state index >= 15 is 0 Å². The lowest BCUT2D eigenvalue weighted by molar-refractivity contribution is -0.0498. The number of halogens is 2. The van der Waals surface area contributed by atoms with Crippen molar-refractivity contribution in [2.75, 3.05) is 0 Å². The fourth-order valence-electron chi connectivity index (χ4n) is 3.03. The minimum absolute atomic E-state index is 0.0229. The first kappa shape index (κ1) is 17.3. The zero-order chi connectivity index (χ0) is 17.8. The smallest absolute Gasteiger partial charge is 0.387 e. The molecule has 6 nitrogen and oxygen atoms in total. The monoisotopic (exact) mass is 350 g/mol. The number of carbonyl (C=O) groups excluding carboxylic acids is 1. The Balaban J connectivity index is 1.75. The summed E-state index contributed by atoms with van der Waals surface area (Å²) in [6.45, 7) is -2.91. The molecule has 1 aliphatic rings. The van der Waals surface area contributed by atoms with Crippen LogP contribution < -0.4 is 15.8 Å². The van der Waals surface area contributed by atoms with Gasteiger partial charge in [-0.05, 0) is 37.8 Å². The highest BCUT2D eigenvalue weighted by molar-refractivity contribution is 5.99. The molecule has 2 aromatic rings. The van der Waals surface area contributed by atoms with Crippen molar-refractivity contribution in [1.82, 2.24) is 15.5 Å². The molecule has 0 spiro atoms. The van der Waals surface area contributed by atoms with E-state index in [0.717, 1.165) is 25.7 Å². The molecule has 0 aliphatic heterocycles. The minimum atomic E-state index is -2.91. The summed E-state index contributed by atoms with van der Waals surface area (Å²) in [7, 11) is 0.